The van der Waals surface area contributed by atoms with E-state index >= 15 is 0 Å². The highest BCUT2D eigenvalue weighted by Gasteiger charge is 2.32. The Bertz CT molecular complexity index is 1530. The summed E-state index contributed by atoms with van der Waals surface area (Å²) in [5, 5.41) is 35.9. The van der Waals surface area contributed by atoms with Crippen LogP contribution in [-0.2, 0) is 21.0 Å². The van der Waals surface area contributed by atoms with E-state index in [4.69, 9.17) is 4.74 Å². The lowest BCUT2D eigenvalue weighted by Gasteiger charge is -2.37. The van der Waals surface area contributed by atoms with Crippen LogP contribution in [0, 0.1) is 17.0 Å². The van der Waals surface area contributed by atoms with Crippen LogP contribution in [-0.4, -0.2) is 36.8 Å². The lowest BCUT2D eigenvalue weighted by molar-refractivity contribution is -0.384. The third-order valence-corrected chi connectivity index (χ3v) is 6.81. The largest absolute Gasteiger partial charge is 0.872 e. The topological polar surface area (TPSA) is 146 Å². The number of non-ortho nitro benzene ring substituents is 1. The molecule has 186 valence electrons. The number of benzene rings is 2. The van der Waals surface area contributed by atoms with E-state index in [1.54, 1.807) is 37.3 Å². The first kappa shape index (κ1) is 24.7. The third kappa shape index (κ3) is 4.60. The van der Waals surface area contributed by atoms with Crippen LogP contribution in [0.5, 0.6) is 0 Å². The van der Waals surface area contributed by atoms with Gasteiger partial charge in [-0.15, -0.1) is 0 Å². The van der Waals surface area contributed by atoms with Gasteiger partial charge in [-0.3, -0.25) is 15.0 Å². The summed E-state index contributed by atoms with van der Waals surface area (Å²) in [7, 11) is -2.17. The van der Waals surface area contributed by atoms with Gasteiger partial charge in [-0.1, -0.05) is 30.0 Å². The number of nitro benzene ring substituents is 1. The molecule has 0 aliphatic carbocycles. The van der Waals surface area contributed by atoms with Crippen molar-refractivity contribution < 1.29 is 28.3 Å². The SMILES string of the molecule is COC(O)=C1C(Cc2ccc(S(C)(=O)=O)cc2)=C([O-])c2ccc(C)nc2N1c1cccc([N+](=O)[O-])c1. The first-order valence-electron chi connectivity index (χ1n) is 10.7. The van der Waals surface area contributed by atoms with Gasteiger partial charge < -0.3 is 14.9 Å². The van der Waals surface area contributed by atoms with Crippen molar-refractivity contribution >= 4 is 32.8 Å². The zero-order chi connectivity index (χ0) is 26.2. The maximum absolute atomic E-state index is 13.6. The van der Waals surface area contributed by atoms with E-state index in [9.17, 15) is 28.7 Å². The number of nitrogens with zero attached hydrogens (tertiary/aromatic N) is 3. The van der Waals surface area contributed by atoms with Crippen molar-refractivity contribution in [2.75, 3.05) is 18.3 Å². The van der Waals surface area contributed by atoms with E-state index in [0.717, 1.165) is 6.26 Å². The molecule has 1 aromatic heterocycles. The molecule has 4 rings (SSSR count). The number of nitro groups is 1. The number of pyridine rings is 1. The highest BCUT2D eigenvalue weighted by Crippen LogP contribution is 2.44. The number of rotatable bonds is 6. The molecule has 36 heavy (non-hydrogen) atoms. The Kier molecular flexibility index (Phi) is 6.42. The molecular weight excluding hydrogens is 486 g/mol. The lowest BCUT2D eigenvalue weighted by Crippen LogP contribution is -2.30. The highest BCUT2D eigenvalue weighted by atomic mass is 32.2. The van der Waals surface area contributed by atoms with Crippen molar-refractivity contribution in [3.05, 3.63) is 105 Å². The Labute approximate surface area is 207 Å². The number of methoxy groups -OCH3 is 1. The van der Waals surface area contributed by atoms with Crippen molar-refractivity contribution in [2.24, 2.45) is 0 Å². The number of hydrogen-bond acceptors (Lipinski definition) is 9. The van der Waals surface area contributed by atoms with Gasteiger partial charge in [0.15, 0.2) is 9.84 Å². The Morgan fingerprint density at radius 1 is 1.14 bits per heavy atom. The average molecular weight is 509 g/mol. The molecule has 3 aromatic rings. The van der Waals surface area contributed by atoms with Gasteiger partial charge >= 0.3 is 5.95 Å². The second-order valence-electron chi connectivity index (χ2n) is 8.19. The summed E-state index contributed by atoms with van der Waals surface area (Å²) < 4.78 is 28.8. The number of hydrogen-bond donors (Lipinski definition) is 1. The number of aromatic nitrogens is 1. The number of sulfone groups is 1. The zero-order valence-corrected chi connectivity index (χ0v) is 20.4. The van der Waals surface area contributed by atoms with Gasteiger partial charge in [0, 0.05) is 29.6 Å². The van der Waals surface area contributed by atoms with Crippen LogP contribution in [0.2, 0.25) is 0 Å². The average Bonchev–Trinajstić information content (AvgIpc) is 2.84. The molecule has 0 radical (unpaired) electrons. The quantitative estimate of drug-likeness (QED) is 0.300. The second-order valence-corrected chi connectivity index (χ2v) is 10.2. The summed E-state index contributed by atoms with van der Waals surface area (Å²) in [6, 6.07) is 15.1. The smallest absolute Gasteiger partial charge is 0.302 e. The van der Waals surface area contributed by atoms with Crippen molar-refractivity contribution in [2.45, 2.75) is 18.2 Å². The van der Waals surface area contributed by atoms with Crippen LogP contribution in [0.3, 0.4) is 0 Å². The van der Waals surface area contributed by atoms with Crippen LogP contribution >= 0.6 is 0 Å². The Morgan fingerprint density at radius 2 is 1.83 bits per heavy atom. The second kappa shape index (κ2) is 9.34. The van der Waals surface area contributed by atoms with Crippen molar-refractivity contribution in [3.63, 3.8) is 0 Å². The molecule has 0 spiro atoms. The van der Waals surface area contributed by atoms with E-state index in [2.05, 4.69) is 4.98 Å². The fourth-order valence-electron chi connectivity index (χ4n) is 3.94. The summed E-state index contributed by atoms with van der Waals surface area (Å²) in [5.74, 6) is -0.799. The fraction of sp³-hybridized carbons (Fsp3) is 0.160. The predicted molar refractivity (Wildman–Crippen MR) is 131 cm³/mol. The first-order valence-corrected chi connectivity index (χ1v) is 12.6. The minimum atomic E-state index is -3.41. The van der Waals surface area contributed by atoms with Crippen molar-refractivity contribution in [1.29, 1.82) is 0 Å². The molecule has 2 aromatic carbocycles. The molecule has 1 N–H and O–H groups in total. The van der Waals surface area contributed by atoms with E-state index in [-0.39, 0.29) is 39.7 Å². The Hall–Kier alpha value is -4.38. The van der Waals surface area contributed by atoms with Crippen molar-refractivity contribution in [3.8, 4) is 0 Å². The molecule has 0 unspecified atom stereocenters. The summed E-state index contributed by atoms with van der Waals surface area (Å²) in [6.45, 7) is 1.73. The van der Waals surface area contributed by atoms with E-state index in [1.165, 1.54) is 42.3 Å². The van der Waals surface area contributed by atoms with Crippen LogP contribution in [0.1, 0.15) is 16.8 Å². The molecule has 1 aliphatic heterocycles. The van der Waals surface area contributed by atoms with E-state index < -0.39 is 26.5 Å². The normalized spacial score (nSPS) is 14.9. The van der Waals surface area contributed by atoms with Crippen LogP contribution in [0.15, 0.2) is 82.8 Å². The zero-order valence-electron chi connectivity index (χ0n) is 19.6. The summed E-state index contributed by atoms with van der Waals surface area (Å²) in [5.41, 5.74) is 1.67. The number of aliphatic hydroxyl groups excluding tert-OH is 1. The summed E-state index contributed by atoms with van der Waals surface area (Å²) in [6.07, 6.45) is 1.12. The summed E-state index contributed by atoms with van der Waals surface area (Å²) in [4.78, 5) is 17.0. The Balaban J connectivity index is 1.95. The molecule has 0 bridgehead atoms. The highest BCUT2D eigenvalue weighted by molar-refractivity contribution is 7.90. The minimum Gasteiger partial charge on any atom is -0.872 e. The minimum absolute atomic E-state index is 0.0132. The lowest BCUT2D eigenvalue weighted by atomic mass is 9.93. The van der Waals surface area contributed by atoms with E-state index in [0.29, 0.717) is 16.9 Å². The molecule has 1 aliphatic rings. The van der Waals surface area contributed by atoms with Crippen LogP contribution in [0.4, 0.5) is 17.2 Å². The first-order chi connectivity index (χ1) is 17.0. The molecule has 0 fully saturated rings. The molecule has 0 amide bonds. The predicted octanol–water partition coefficient (Wildman–Crippen LogP) is 3.54. The number of fused-ring (bicyclic) bond motifs is 1. The third-order valence-electron chi connectivity index (χ3n) is 5.68. The number of anilines is 2. The fourth-order valence-corrected chi connectivity index (χ4v) is 4.57. The van der Waals surface area contributed by atoms with Gasteiger partial charge in [0.25, 0.3) is 5.69 Å². The molecule has 10 nitrogen and oxygen atoms in total. The monoisotopic (exact) mass is 508 g/mol. The van der Waals surface area contributed by atoms with Crippen LogP contribution in [0.25, 0.3) is 5.76 Å². The molecule has 11 heteroatoms. The maximum atomic E-state index is 13.6. The molecule has 2 heterocycles. The molecule has 0 saturated heterocycles. The van der Waals surface area contributed by atoms with Gasteiger partial charge in [0.2, 0.25) is 0 Å². The van der Waals surface area contributed by atoms with Crippen molar-refractivity contribution in [1.82, 2.24) is 4.98 Å². The molecular formula is C25H22N3O7S-. The number of ether oxygens (including phenoxy) is 1. The van der Waals surface area contributed by atoms with Gasteiger partial charge in [-0.25, -0.2) is 13.4 Å². The van der Waals surface area contributed by atoms with Gasteiger partial charge in [-0.2, -0.15) is 0 Å². The number of aliphatic hydroxyl groups is 1. The molecule has 0 saturated carbocycles. The van der Waals surface area contributed by atoms with E-state index in [1.807, 2.05) is 0 Å². The number of aryl methyl sites for hydroxylation is 1. The van der Waals surface area contributed by atoms with Crippen LogP contribution < -0.4 is 10.0 Å². The maximum Gasteiger partial charge on any atom is 0.302 e. The molecule has 0 atom stereocenters. The Morgan fingerprint density at radius 3 is 2.44 bits per heavy atom. The standard InChI is InChI=1S/C25H23N3O7S/c1-15-7-12-20-23(29)21(13-16-8-10-19(11-9-16)36(3,33)34)22(25(30)35-2)27(24(20)26-15)17-5-4-6-18(14-17)28(31)32/h4-12,14,29-30H,13H2,1-3H3/p-1. The van der Waals surface area contributed by atoms with Gasteiger partial charge in [0.1, 0.15) is 11.5 Å². The van der Waals surface area contributed by atoms with Gasteiger partial charge in [0.05, 0.1) is 22.6 Å². The summed E-state index contributed by atoms with van der Waals surface area (Å²) >= 11 is 0. The number of allylic oxidation sites excluding steroid dienone is 1. The van der Waals surface area contributed by atoms with Gasteiger partial charge in [-0.05, 0) is 48.7 Å².